The van der Waals surface area contributed by atoms with Gasteiger partial charge in [0.1, 0.15) is 5.82 Å². The van der Waals surface area contributed by atoms with E-state index in [1.54, 1.807) is 31.2 Å². The summed E-state index contributed by atoms with van der Waals surface area (Å²) in [5, 5.41) is 3.41. The Kier molecular flexibility index (Phi) is 7.33. The molecule has 1 N–H and O–H groups in total. The molecule has 0 atom stereocenters. The van der Waals surface area contributed by atoms with E-state index in [-0.39, 0.29) is 17.1 Å². The molecule has 0 saturated carbocycles. The van der Waals surface area contributed by atoms with Crippen LogP contribution in [0.4, 0.5) is 10.1 Å². The second kappa shape index (κ2) is 9.78. The summed E-state index contributed by atoms with van der Waals surface area (Å²) in [6.45, 7) is 1.15. The van der Waals surface area contributed by atoms with Crippen molar-refractivity contribution in [2.45, 2.75) is 18.4 Å². The Hall–Kier alpha value is -2.45. The minimum atomic E-state index is -4.04. The topological polar surface area (TPSA) is 66.5 Å². The van der Waals surface area contributed by atoms with E-state index in [0.717, 1.165) is 4.31 Å². The average Bonchev–Trinajstić information content (AvgIpc) is 2.70. The summed E-state index contributed by atoms with van der Waals surface area (Å²) in [6, 6.07) is 16.4. The SMILES string of the molecule is Cc1ccc(F)cc1NC(=O)CN(Cc1cccc(Cl)c1)S(=O)(=O)c1ccc(Cl)cc1. The van der Waals surface area contributed by atoms with Crippen LogP contribution in [-0.4, -0.2) is 25.2 Å². The lowest BCUT2D eigenvalue weighted by molar-refractivity contribution is -0.116. The maximum absolute atomic E-state index is 13.5. The lowest BCUT2D eigenvalue weighted by atomic mass is 10.2. The number of sulfonamides is 1. The molecule has 0 aliphatic rings. The van der Waals surface area contributed by atoms with Gasteiger partial charge in [-0.1, -0.05) is 41.4 Å². The van der Waals surface area contributed by atoms with Crippen LogP contribution in [-0.2, 0) is 21.4 Å². The molecule has 3 aromatic rings. The number of nitrogens with one attached hydrogen (secondary N) is 1. The second-order valence-electron chi connectivity index (χ2n) is 6.86. The standard InChI is InChI=1S/C22H19Cl2FN2O3S/c1-15-5-8-19(25)12-21(15)26-22(28)14-27(13-16-3-2-4-18(24)11-16)31(29,30)20-9-6-17(23)7-10-20/h2-12H,13-14H2,1H3,(H,26,28). The van der Waals surface area contributed by atoms with Crippen molar-refractivity contribution in [3.8, 4) is 0 Å². The predicted molar refractivity (Wildman–Crippen MR) is 120 cm³/mol. The molecule has 0 aliphatic heterocycles. The fraction of sp³-hybridized carbons (Fsp3) is 0.136. The second-order valence-corrected chi connectivity index (χ2v) is 9.68. The van der Waals surface area contributed by atoms with Gasteiger partial charge >= 0.3 is 0 Å². The lowest BCUT2D eigenvalue weighted by Crippen LogP contribution is -2.37. The van der Waals surface area contributed by atoms with Crippen molar-refractivity contribution in [3.05, 3.63) is 93.7 Å². The third-order valence-electron chi connectivity index (χ3n) is 4.49. The first-order chi connectivity index (χ1) is 14.6. The highest BCUT2D eigenvalue weighted by Gasteiger charge is 2.27. The van der Waals surface area contributed by atoms with Gasteiger partial charge in [-0.15, -0.1) is 0 Å². The number of aryl methyl sites for hydroxylation is 1. The minimum absolute atomic E-state index is 0.00587. The van der Waals surface area contributed by atoms with Gasteiger partial charge in [0.2, 0.25) is 15.9 Å². The molecule has 0 saturated heterocycles. The number of amides is 1. The van der Waals surface area contributed by atoms with Gasteiger partial charge in [-0.2, -0.15) is 4.31 Å². The molecule has 0 heterocycles. The van der Waals surface area contributed by atoms with Gasteiger partial charge in [0.05, 0.1) is 11.4 Å². The zero-order valence-electron chi connectivity index (χ0n) is 16.5. The van der Waals surface area contributed by atoms with Crippen LogP contribution in [0.3, 0.4) is 0 Å². The fourth-order valence-corrected chi connectivity index (χ4v) is 4.62. The number of anilines is 1. The normalized spacial score (nSPS) is 11.5. The highest BCUT2D eigenvalue weighted by Crippen LogP contribution is 2.22. The molecule has 0 radical (unpaired) electrons. The Bertz CT molecular complexity index is 1200. The van der Waals surface area contributed by atoms with Gasteiger partial charge in [0.15, 0.2) is 0 Å². The van der Waals surface area contributed by atoms with Crippen LogP contribution < -0.4 is 5.32 Å². The highest BCUT2D eigenvalue weighted by atomic mass is 35.5. The van der Waals surface area contributed by atoms with Gasteiger partial charge in [0, 0.05) is 22.3 Å². The molecule has 0 spiro atoms. The van der Waals surface area contributed by atoms with Crippen LogP contribution in [0.1, 0.15) is 11.1 Å². The van der Waals surface area contributed by atoms with Crippen LogP contribution in [0.15, 0.2) is 71.6 Å². The quantitative estimate of drug-likeness (QED) is 0.500. The van der Waals surface area contributed by atoms with Crippen molar-refractivity contribution in [2.24, 2.45) is 0 Å². The largest absolute Gasteiger partial charge is 0.325 e. The summed E-state index contributed by atoms with van der Waals surface area (Å²) in [6.07, 6.45) is 0. The number of benzene rings is 3. The van der Waals surface area contributed by atoms with E-state index < -0.39 is 28.3 Å². The van der Waals surface area contributed by atoms with Crippen LogP contribution in [0, 0.1) is 12.7 Å². The number of hydrogen-bond acceptors (Lipinski definition) is 3. The number of carbonyl (C=O) groups excluding carboxylic acids is 1. The summed E-state index contributed by atoms with van der Waals surface area (Å²) < 4.78 is 41.1. The van der Waals surface area contributed by atoms with Gasteiger partial charge < -0.3 is 5.32 Å². The van der Waals surface area contributed by atoms with Crippen molar-refractivity contribution in [3.63, 3.8) is 0 Å². The molecule has 0 aromatic heterocycles. The van der Waals surface area contributed by atoms with Crippen molar-refractivity contribution < 1.29 is 17.6 Å². The Labute approximate surface area is 190 Å². The van der Waals surface area contributed by atoms with E-state index >= 15 is 0 Å². The molecular formula is C22H19Cl2FN2O3S. The summed E-state index contributed by atoms with van der Waals surface area (Å²) >= 11 is 11.9. The molecule has 162 valence electrons. The monoisotopic (exact) mass is 480 g/mol. The van der Waals surface area contributed by atoms with E-state index in [1.807, 2.05) is 0 Å². The van der Waals surface area contributed by atoms with Crippen LogP contribution >= 0.6 is 23.2 Å². The number of carbonyl (C=O) groups is 1. The molecular weight excluding hydrogens is 462 g/mol. The molecule has 0 unspecified atom stereocenters. The van der Waals surface area contributed by atoms with Crippen molar-refractivity contribution in [2.75, 3.05) is 11.9 Å². The molecule has 5 nitrogen and oxygen atoms in total. The third kappa shape index (κ3) is 6.04. The van der Waals surface area contributed by atoms with E-state index in [9.17, 15) is 17.6 Å². The molecule has 3 aromatic carbocycles. The van der Waals surface area contributed by atoms with Crippen LogP contribution in [0.25, 0.3) is 0 Å². The van der Waals surface area contributed by atoms with Gasteiger partial charge in [0.25, 0.3) is 0 Å². The average molecular weight is 481 g/mol. The Morgan fingerprint density at radius 2 is 1.71 bits per heavy atom. The Balaban J connectivity index is 1.90. The number of nitrogens with zero attached hydrogens (tertiary/aromatic N) is 1. The number of rotatable bonds is 7. The first-order valence-corrected chi connectivity index (χ1v) is 11.4. The Morgan fingerprint density at radius 1 is 1.00 bits per heavy atom. The molecule has 0 fully saturated rings. The molecule has 3 rings (SSSR count). The molecule has 1 amide bonds. The number of hydrogen-bond donors (Lipinski definition) is 1. The van der Waals surface area contributed by atoms with Crippen LogP contribution in [0.2, 0.25) is 10.0 Å². The van der Waals surface area contributed by atoms with E-state index in [0.29, 0.717) is 21.2 Å². The van der Waals surface area contributed by atoms with Crippen molar-refractivity contribution >= 4 is 44.8 Å². The summed E-state index contributed by atoms with van der Waals surface area (Å²) in [5.74, 6) is -1.11. The highest BCUT2D eigenvalue weighted by molar-refractivity contribution is 7.89. The summed E-state index contributed by atoms with van der Waals surface area (Å²) in [7, 11) is -4.04. The van der Waals surface area contributed by atoms with Crippen molar-refractivity contribution in [1.29, 1.82) is 0 Å². The summed E-state index contributed by atoms with van der Waals surface area (Å²) in [5.41, 5.74) is 1.54. The van der Waals surface area contributed by atoms with E-state index in [4.69, 9.17) is 23.2 Å². The smallest absolute Gasteiger partial charge is 0.243 e. The molecule has 9 heteroatoms. The van der Waals surface area contributed by atoms with E-state index in [2.05, 4.69) is 5.32 Å². The van der Waals surface area contributed by atoms with E-state index in [1.165, 1.54) is 42.5 Å². The van der Waals surface area contributed by atoms with Crippen molar-refractivity contribution in [1.82, 2.24) is 4.31 Å². The zero-order valence-corrected chi connectivity index (χ0v) is 18.8. The van der Waals surface area contributed by atoms with Gasteiger partial charge in [-0.05, 0) is 66.6 Å². The molecule has 0 aliphatic carbocycles. The first kappa shape index (κ1) is 23.2. The predicted octanol–water partition coefficient (Wildman–Crippen LogP) is 5.27. The molecule has 31 heavy (non-hydrogen) atoms. The van der Waals surface area contributed by atoms with Gasteiger partial charge in [-0.3, -0.25) is 4.79 Å². The molecule has 0 bridgehead atoms. The lowest BCUT2D eigenvalue weighted by Gasteiger charge is -2.22. The maximum atomic E-state index is 13.5. The minimum Gasteiger partial charge on any atom is -0.325 e. The zero-order chi connectivity index (χ0) is 22.6. The number of halogens is 3. The third-order valence-corrected chi connectivity index (χ3v) is 6.79. The first-order valence-electron chi connectivity index (χ1n) is 9.21. The maximum Gasteiger partial charge on any atom is 0.243 e. The Morgan fingerprint density at radius 3 is 2.39 bits per heavy atom. The van der Waals surface area contributed by atoms with Gasteiger partial charge in [-0.25, -0.2) is 12.8 Å². The summed E-state index contributed by atoms with van der Waals surface area (Å²) in [4.78, 5) is 12.7. The fourth-order valence-electron chi connectivity index (χ4n) is 2.90. The van der Waals surface area contributed by atoms with Crippen LogP contribution in [0.5, 0.6) is 0 Å².